The summed E-state index contributed by atoms with van der Waals surface area (Å²) in [6.45, 7) is 1.94. The number of carboxylic acid groups (broad SMARTS) is 1. The number of benzene rings is 1. The molecule has 0 bridgehead atoms. The van der Waals surface area contributed by atoms with Crippen molar-refractivity contribution in [2.75, 3.05) is 18.4 Å². The van der Waals surface area contributed by atoms with Crippen LogP contribution in [0.1, 0.15) is 13.3 Å². The van der Waals surface area contributed by atoms with Gasteiger partial charge in [-0.2, -0.15) is 0 Å². The van der Waals surface area contributed by atoms with Crippen LogP contribution in [-0.2, 0) is 4.79 Å². The van der Waals surface area contributed by atoms with Crippen LogP contribution in [-0.4, -0.2) is 35.1 Å². The molecule has 0 spiro atoms. The lowest BCUT2D eigenvalue weighted by Crippen LogP contribution is -2.39. The summed E-state index contributed by atoms with van der Waals surface area (Å²) in [6.07, 6.45) is 0.691. The molecule has 2 N–H and O–H groups in total. The minimum absolute atomic E-state index is 0.319. The van der Waals surface area contributed by atoms with Crippen molar-refractivity contribution in [2.45, 2.75) is 13.3 Å². The third-order valence-corrected chi connectivity index (χ3v) is 2.42. The summed E-state index contributed by atoms with van der Waals surface area (Å²) in [7, 11) is 0. The van der Waals surface area contributed by atoms with Crippen molar-refractivity contribution in [2.24, 2.45) is 0 Å². The summed E-state index contributed by atoms with van der Waals surface area (Å²) in [5, 5.41) is 11.8. The molecule has 0 atom stereocenters. The van der Waals surface area contributed by atoms with Crippen molar-refractivity contribution >= 4 is 29.3 Å². The number of nitrogens with one attached hydrogen (secondary N) is 1. The summed E-state index contributed by atoms with van der Waals surface area (Å²) in [4.78, 5) is 23.7. The number of amides is 2. The summed E-state index contributed by atoms with van der Waals surface area (Å²) >= 11 is 5.79. The van der Waals surface area contributed by atoms with Crippen molar-refractivity contribution in [3.63, 3.8) is 0 Å². The van der Waals surface area contributed by atoms with Crippen LogP contribution in [0.5, 0.6) is 0 Å². The van der Waals surface area contributed by atoms with E-state index in [1.54, 1.807) is 24.3 Å². The summed E-state index contributed by atoms with van der Waals surface area (Å²) in [6, 6.07) is 6.25. The van der Waals surface area contributed by atoms with E-state index in [2.05, 4.69) is 5.32 Å². The monoisotopic (exact) mass is 270 g/mol. The smallest absolute Gasteiger partial charge is 0.323 e. The van der Waals surface area contributed by atoms with Gasteiger partial charge >= 0.3 is 12.0 Å². The van der Waals surface area contributed by atoms with Crippen LogP contribution in [0.25, 0.3) is 0 Å². The highest BCUT2D eigenvalue weighted by atomic mass is 35.5. The minimum Gasteiger partial charge on any atom is -0.480 e. The van der Waals surface area contributed by atoms with Crippen molar-refractivity contribution < 1.29 is 14.7 Å². The van der Waals surface area contributed by atoms with E-state index >= 15 is 0 Å². The molecule has 0 aromatic heterocycles. The van der Waals surface area contributed by atoms with Gasteiger partial charge in [0, 0.05) is 17.3 Å². The zero-order chi connectivity index (χ0) is 13.5. The van der Waals surface area contributed by atoms with Crippen molar-refractivity contribution in [3.8, 4) is 0 Å². The topological polar surface area (TPSA) is 69.6 Å². The Morgan fingerprint density at radius 3 is 2.72 bits per heavy atom. The van der Waals surface area contributed by atoms with E-state index < -0.39 is 12.0 Å². The maximum absolute atomic E-state index is 11.9. The molecule has 5 nitrogen and oxygen atoms in total. The minimum atomic E-state index is -1.04. The Balaban J connectivity index is 2.69. The Labute approximate surface area is 110 Å². The van der Waals surface area contributed by atoms with Crippen LogP contribution in [0, 0.1) is 0 Å². The molecule has 0 saturated carbocycles. The quantitative estimate of drug-likeness (QED) is 0.864. The zero-order valence-electron chi connectivity index (χ0n) is 10.0. The van der Waals surface area contributed by atoms with Gasteiger partial charge in [0.1, 0.15) is 6.54 Å². The molecule has 98 valence electrons. The Morgan fingerprint density at radius 1 is 1.44 bits per heavy atom. The Bertz CT molecular complexity index is 437. The second kappa shape index (κ2) is 6.86. The molecule has 2 amide bonds. The molecular formula is C12H15ClN2O3. The first-order valence-electron chi connectivity index (χ1n) is 5.56. The number of aliphatic carboxylic acids is 1. The highest BCUT2D eigenvalue weighted by Gasteiger charge is 2.15. The van der Waals surface area contributed by atoms with Gasteiger partial charge in [0.05, 0.1) is 0 Å². The van der Waals surface area contributed by atoms with Crippen LogP contribution in [0.4, 0.5) is 10.5 Å². The molecule has 1 rings (SSSR count). The lowest BCUT2D eigenvalue weighted by molar-refractivity contribution is -0.137. The molecule has 0 aliphatic carbocycles. The molecule has 0 saturated heterocycles. The second-order valence-electron chi connectivity index (χ2n) is 3.76. The van der Waals surface area contributed by atoms with E-state index in [0.717, 1.165) is 0 Å². The van der Waals surface area contributed by atoms with Gasteiger partial charge in [0.2, 0.25) is 0 Å². The van der Waals surface area contributed by atoms with E-state index in [1.165, 1.54) is 4.90 Å². The van der Waals surface area contributed by atoms with E-state index in [4.69, 9.17) is 16.7 Å². The SMILES string of the molecule is CCCN(CC(=O)O)C(=O)Nc1cccc(Cl)c1. The van der Waals surface area contributed by atoms with Gasteiger partial charge in [0.15, 0.2) is 0 Å². The molecule has 0 heterocycles. The van der Waals surface area contributed by atoms with Crippen LogP contribution >= 0.6 is 11.6 Å². The number of rotatable bonds is 5. The van der Waals surface area contributed by atoms with Crippen LogP contribution in [0.2, 0.25) is 5.02 Å². The van der Waals surface area contributed by atoms with E-state index in [1.807, 2.05) is 6.92 Å². The first-order chi connectivity index (χ1) is 8.52. The highest BCUT2D eigenvalue weighted by Crippen LogP contribution is 2.15. The number of urea groups is 1. The average molecular weight is 271 g/mol. The fourth-order valence-electron chi connectivity index (χ4n) is 1.45. The van der Waals surface area contributed by atoms with Crippen LogP contribution in [0.3, 0.4) is 0 Å². The van der Waals surface area contributed by atoms with Gasteiger partial charge in [0.25, 0.3) is 0 Å². The molecule has 0 aliphatic rings. The molecule has 6 heteroatoms. The summed E-state index contributed by atoms with van der Waals surface area (Å²) < 4.78 is 0. The van der Waals surface area contributed by atoms with E-state index in [0.29, 0.717) is 23.7 Å². The number of carbonyl (C=O) groups excluding carboxylic acids is 1. The number of hydrogen-bond donors (Lipinski definition) is 2. The Hall–Kier alpha value is -1.75. The second-order valence-corrected chi connectivity index (χ2v) is 4.19. The predicted molar refractivity (Wildman–Crippen MR) is 70.0 cm³/mol. The van der Waals surface area contributed by atoms with Crippen molar-refractivity contribution in [3.05, 3.63) is 29.3 Å². The third kappa shape index (κ3) is 4.63. The van der Waals surface area contributed by atoms with Gasteiger partial charge in [-0.3, -0.25) is 4.79 Å². The lowest BCUT2D eigenvalue weighted by Gasteiger charge is -2.20. The van der Waals surface area contributed by atoms with Gasteiger partial charge in [-0.25, -0.2) is 4.79 Å². The van der Waals surface area contributed by atoms with Gasteiger partial charge in [-0.1, -0.05) is 24.6 Å². The molecule has 1 aromatic carbocycles. The lowest BCUT2D eigenvalue weighted by atomic mass is 10.3. The number of halogens is 1. The Morgan fingerprint density at radius 2 is 2.17 bits per heavy atom. The number of anilines is 1. The molecule has 0 radical (unpaired) electrons. The largest absolute Gasteiger partial charge is 0.480 e. The summed E-state index contributed by atoms with van der Waals surface area (Å²) in [5.74, 6) is -1.04. The van der Waals surface area contributed by atoms with E-state index in [9.17, 15) is 9.59 Å². The standard InChI is InChI=1S/C12H15ClN2O3/c1-2-6-15(8-11(16)17)12(18)14-10-5-3-4-9(13)7-10/h3-5,7H,2,6,8H2,1H3,(H,14,18)(H,16,17). The first kappa shape index (κ1) is 14.3. The van der Waals surface area contributed by atoms with Crippen molar-refractivity contribution in [1.82, 2.24) is 4.90 Å². The number of hydrogen-bond acceptors (Lipinski definition) is 2. The number of carboxylic acids is 1. The molecular weight excluding hydrogens is 256 g/mol. The molecule has 0 fully saturated rings. The average Bonchev–Trinajstić information content (AvgIpc) is 2.27. The van der Waals surface area contributed by atoms with E-state index in [-0.39, 0.29) is 6.54 Å². The molecule has 18 heavy (non-hydrogen) atoms. The fourth-order valence-corrected chi connectivity index (χ4v) is 1.64. The van der Waals surface area contributed by atoms with Crippen molar-refractivity contribution in [1.29, 1.82) is 0 Å². The predicted octanol–water partition coefficient (Wildman–Crippen LogP) is 2.67. The normalized spacial score (nSPS) is 9.89. The maximum atomic E-state index is 11.9. The summed E-state index contributed by atoms with van der Waals surface area (Å²) in [5.41, 5.74) is 0.541. The molecule has 0 aliphatic heterocycles. The third-order valence-electron chi connectivity index (χ3n) is 2.18. The van der Waals surface area contributed by atoms with Gasteiger partial charge in [-0.15, -0.1) is 0 Å². The van der Waals surface area contributed by atoms with Gasteiger partial charge in [-0.05, 0) is 24.6 Å². The molecule has 0 unspecified atom stereocenters. The maximum Gasteiger partial charge on any atom is 0.323 e. The molecule has 1 aromatic rings. The zero-order valence-corrected chi connectivity index (χ0v) is 10.8. The highest BCUT2D eigenvalue weighted by molar-refractivity contribution is 6.30. The van der Waals surface area contributed by atoms with Crippen LogP contribution in [0.15, 0.2) is 24.3 Å². The van der Waals surface area contributed by atoms with Crippen LogP contribution < -0.4 is 5.32 Å². The van der Waals surface area contributed by atoms with Gasteiger partial charge < -0.3 is 15.3 Å². The number of nitrogens with zero attached hydrogens (tertiary/aromatic N) is 1. The number of carbonyl (C=O) groups is 2. The first-order valence-corrected chi connectivity index (χ1v) is 5.94. The fraction of sp³-hybridized carbons (Fsp3) is 0.333. The Kier molecular flexibility index (Phi) is 5.45.